The number of nitrogens with zero attached hydrogens (tertiary/aromatic N) is 6. The third-order valence-corrected chi connectivity index (χ3v) is 5.13. The fraction of sp³-hybridized carbons (Fsp3) is 0.524. The van der Waals surface area contributed by atoms with Crippen LogP contribution in [-0.4, -0.2) is 94.4 Å². The number of carboxylic acid groups (broad SMARTS) is 2. The van der Waals surface area contributed by atoms with E-state index >= 15 is 0 Å². The van der Waals surface area contributed by atoms with Gasteiger partial charge in [-0.15, -0.1) is 0 Å². The van der Waals surface area contributed by atoms with Gasteiger partial charge in [-0.3, -0.25) is 0 Å². The third-order valence-electron chi connectivity index (χ3n) is 5.13. The Morgan fingerprint density at radius 1 is 0.974 bits per heavy atom. The minimum absolute atomic E-state index is 0.0732. The van der Waals surface area contributed by atoms with Crippen LogP contribution in [0.2, 0.25) is 0 Å². The molecule has 0 aromatic carbocycles. The smallest absolute Gasteiger partial charge is 0.481 e. The summed E-state index contributed by atoms with van der Waals surface area (Å²) in [4.78, 5) is 40.1. The van der Waals surface area contributed by atoms with E-state index in [1.807, 2.05) is 18.3 Å². The zero-order valence-electron chi connectivity index (χ0n) is 20.3. The largest absolute Gasteiger partial charge is 0.490 e. The van der Waals surface area contributed by atoms with Crippen LogP contribution in [0.4, 0.5) is 38.0 Å². The number of hydrogen-bond donors (Lipinski definition) is 2. The molecule has 2 aromatic rings. The predicted octanol–water partition coefficient (Wildman–Crippen LogP) is 2.72. The second-order valence-corrected chi connectivity index (χ2v) is 7.78. The maximum atomic E-state index is 10.6. The van der Waals surface area contributed by atoms with Gasteiger partial charge in [0, 0.05) is 31.9 Å². The van der Waals surface area contributed by atoms with Crippen molar-refractivity contribution in [2.24, 2.45) is 0 Å². The van der Waals surface area contributed by atoms with E-state index in [-0.39, 0.29) is 6.04 Å². The number of carboxylic acids is 2. The molecule has 12 nitrogen and oxygen atoms in total. The van der Waals surface area contributed by atoms with Gasteiger partial charge in [-0.05, 0) is 18.9 Å². The number of rotatable bonds is 4. The van der Waals surface area contributed by atoms with E-state index in [1.54, 1.807) is 7.11 Å². The van der Waals surface area contributed by atoms with E-state index < -0.39 is 24.3 Å². The van der Waals surface area contributed by atoms with Crippen LogP contribution in [0.15, 0.2) is 24.7 Å². The summed E-state index contributed by atoms with van der Waals surface area (Å²) in [5.74, 6) is -2.41. The van der Waals surface area contributed by atoms with Crippen molar-refractivity contribution >= 4 is 23.6 Å². The highest BCUT2D eigenvalue weighted by molar-refractivity contribution is 5.73. The molecule has 2 saturated heterocycles. The van der Waals surface area contributed by atoms with Crippen molar-refractivity contribution in [3.63, 3.8) is 0 Å². The fourth-order valence-electron chi connectivity index (χ4n) is 3.34. The topological polar surface area (TPSA) is 151 Å². The molecule has 1 atom stereocenters. The third kappa shape index (κ3) is 9.69. The molecule has 0 aliphatic carbocycles. The maximum absolute atomic E-state index is 10.6. The van der Waals surface area contributed by atoms with Crippen molar-refractivity contribution in [2.75, 3.05) is 49.8 Å². The Bertz CT molecular complexity index is 1080. The van der Waals surface area contributed by atoms with Gasteiger partial charge in [0.1, 0.15) is 24.0 Å². The molecule has 2 aromatic heterocycles. The molecule has 2 fully saturated rings. The first-order valence-corrected chi connectivity index (χ1v) is 11.1. The second-order valence-electron chi connectivity index (χ2n) is 7.78. The van der Waals surface area contributed by atoms with Crippen molar-refractivity contribution in [3.05, 3.63) is 30.5 Å². The van der Waals surface area contributed by atoms with Crippen molar-refractivity contribution in [2.45, 2.75) is 31.2 Å². The maximum Gasteiger partial charge on any atom is 0.490 e. The molecule has 2 N–H and O–H groups in total. The molecular weight excluding hydrogens is 546 g/mol. The molecule has 0 spiro atoms. The van der Waals surface area contributed by atoms with E-state index in [0.717, 1.165) is 37.1 Å². The summed E-state index contributed by atoms with van der Waals surface area (Å²) >= 11 is 0. The van der Waals surface area contributed by atoms with Gasteiger partial charge in [-0.1, -0.05) is 0 Å². The predicted molar refractivity (Wildman–Crippen MR) is 120 cm³/mol. The molecular formula is C21H24F6N6O6. The molecule has 4 heterocycles. The summed E-state index contributed by atoms with van der Waals surface area (Å²) in [5.41, 5.74) is 0. The highest BCUT2D eigenvalue weighted by atomic mass is 19.4. The molecule has 2 aliphatic rings. The van der Waals surface area contributed by atoms with E-state index in [2.05, 4.69) is 24.8 Å². The summed E-state index contributed by atoms with van der Waals surface area (Å²) in [5, 5.41) is 14.2. The molecule has 1 unspecified atom stereocenters. The molecule has 0 amide bonds. The lowest BCUT2D eigenvalue weighted by atomic mass is 10.2. The van der Waals surface area contributed by atoms with Gasteiger partial charge in [0.05, 0.1) is 20.3 Å². The summed E-state index contributed by atoms with van der Waals surface area (Å²) in [6, 6.07) is 3.75. The Labute approximate surface area is 217 Å². The number of alkyl halides is 6. The lowest BCUT2D eigenvalue weighted by Crippen LogP contribution is -2.41. The van der Waals surface area contributed by atoms with Crippen LogP contribution < -0.4 is 14.5 Å². The Hall–Kier alpha value is -3.96. The van der Waals surface area contributed by atoms with Gasteiger partial charge in [0.25, 0.3) is 0 Å². The normalized spacial score (nSPS) is 17.4. The average molecular weight is 570 g/mol. The monoisotopic (exact) mass is 570 g/mol. The number of aromatic nitrogens is 4. The van der Waals surface area contributed by atoms with Crippen molar-refractivity contribution in [1.82, 2.24) is 19.9 Å². The van der Waals surface area contributed by atoms with Crippen LogP contribution >= 0.6 is 0 Å². The quantitative estimate of drug-likeness (QED) is 0.520. The first kappa shape index (κ1) is 31.3. The number of ether oxygens (including phenoxy) is 2. The standard InChI is InChI=1S/C17H22N6O2.2C2HF3O2/c1-24-16-10-15(19-12-20-16)23-8-9-25-11-13(23)17-18-5-4-14(21-17)22-6-2-3-7-22;2*3-2(4,5)1(6)7/h4-5,10,12-13H,2-3,6-9,11H2,1H3;2*(H,6,7). The van der Waals surface area contributed by atoms with Crippen LogP contribution in [0.1, 0.15) is 24.7 Å². The van der Waals surface area contributed by atoms with Gasteiger partial charge in [0.2, 0.25) is 5.88 Å². The lowest BCUT2D eigenvalue weighted by molar-refractivity contribution is -0.193. The summed E-state index contributed by atoms with van der Waals surface area (Å²) in [6.45, 7) is 4.03. The van der Waals surface area contributed by atoms with Gasteiger partial charge in [-0.2, -0.15) is 26.3 Å². The molecule has 216 valence electrons. The Morgan fingerprint density at radius 2 is 1.56 bits per heavy atom. The summed E-state index contributed by atoms with van der Waals surface area (Å²) in [6.07, 6.45) is -4.37. The number of hydrogen-bond acceptors (Lipinski definition) is 10. The lowest BCUT2D eigenvalue weighted by Gasteiger charge is -2.35. The van der Waals surface area contributed by atoms with E-state index in [1.165, 1.54) is 19.2 Å². The molecule has 39 heavy (non-hydrogen) atoms. The van der Waals surface area contributed by atoms with Crippen LogP contribution in [0.25, 0.3) is 0 Å². The zero-order valence-corrected chi connectivity index (χ0v) is 20.3. The minimum atomic E-state index is -5.08. The summed E-state index contributed by atoms with van der Waals surface area (Å²) < 4.78 is 74.4. The number of carbonyl (C=O) groups is 2. The van der Waals surface area contributed by atoms with Crippen LogP contribution in [0, 0.1) is 0 Å². The number of anilines is 2. The van der Waals surface area contributed by atoms with Crippen LogP contribution in [0.5, 0.6) is 5.88 Å². The Kier molecular flexibility index (Phi) is 11.0. The van der Waals surface area contributed by atoms with Crippen molar-refractivity contribution < 1.29 is 55.6 Å². The van der Waals surface area contributed by atoms with Gasteiger partial charge < -0.3 is 29.5 Å². The van der Waals surface area contributed by atoms with E-state index in [9.17, 15) is 26.3 Å². The summed E-state index contributed by atoms with van der Waals surface area (Å²) in [7, 11) is 1.60. The molecule has 4 rings (SSSR count). The van der Waals surface area contributed by atoms with E-state index in [0.29, 0.717) is 19.1 Å². The fourth-order valence-corrected chi connectivity index (χ4v) is 3.34. The van der Waals surface area contributed by atoms with Gasteiger partial charge in [-0.25, -0.2) is 29.5 Å². The second kappa shape index (κ2) is 13.7. The van der Waals surface area contributed by atoms with Crippen LogP contribution in [-0.2, 0) is 14.3 Å². The van der Waals surface area contributed by atoms with Crippen molar-refractivity contribution in [3.8, 4) is 5.88 Å². The number of methoxy groups -OCH3 is 1. The highest BCUT2D eigenvalue weighted by Crippen LogP contribution is 2.29. The Balaban J connectivity index is 0.000000317. The molecule has 18 heteroatoms. The molecule has 2 aliphatic heterocycles. The minimum Gasteiger partial charge on any atom is -0.481 e. The van der Waals surface area contributed by atoms with Gasteiger partial charge in [0.15, 0.2) is 5.82 Å². The number of morpholine rings is 1. The number of aliphatic carboxylic acids is 2. The SMILES string of the molecule is COc1cc(N2CCOCC2c2nccc(N3CCCC3)n2)ncn1.O=C(O)C(F)(F)F.O=C(O)C(F)(F)F. The molecule has 0 radical (unpaired) electrons. The molecule has 0 saturated carbocycles. The zero-order chi connectivity index (χ0) is 29.2. The first-order valence-electron chi connectivity index (χ1n) is 11.1. The number of halogens is 6. The van der Waals surface area contributed by atoms with Crippen LogP contribution in [0.3, 0.4) is 0 Å². The van der Waals surface area contributed by atoms with Crippen molar-refractivity contribution in [1.29, 1.82) is 0 Å². The molecule has 0 bridgehead atoms. The van der Waals surface area contributed by atoms with Gasteiger partial charge >= 0.3 is 24.3 Å². The highest BCUT2D eigenvalue weighted by Gasteiger charge is 2.39. The Morgan fingerprint density at radius 3 is 2.10 bits per heavy atom. The van der Waals surface area contributed by atoms with E-state index in [4.69, 9.17) is 34.3 Å². The average Bonchev–Trinajstić information content (AvgIpc) is 3.44. The first-order chi connectivity index (χ1) is 18.2.